The van der Waals surface area contributed by atoms with Gasteiger partial charge in [-0.15, -0.1) is 0 Å². The quantitative estimate of drug-likeness (QED) is 0.0438. The Labute approximate surface area is 811 Å². The van der Waals surface area contributed by atoms with Gasteiger partial charge in [-0.05, 0) is 123 Å². The van der Waals surface area contributed by atoms with E-state index in [9.17, 15) is 91.1 Å². The second-order valence-corrected chi connectivity index (χ2v) is 37.7. The molecule has 40 nitrogen and oxygen atoms in total. The van der Waals surface area contributed by atoms with Crippen molar-refractivity contribution in [1.82, 2.24) is 99.2 Å². The van der Waals surface area contributed by atoms with E-state index in [2.05, 4.69) is 69.9 Å². The van der Waals surface area contributed by atoms with Crippen molar-refractivity contribution in [2.45, 2.75) is 148 Å². The fraction of sp³-hybridized carbons (Fsp3) is 0.777. The van der Waals surface area contributed by atoms with Crippen molar-refractivity contribution in [3.63, 3.8) is 0 Å². The Hall–Kier alpha value is -7.53. The molecule has 135 heavy (non-hydrogen) atoms. The highest BCUT2D eigenvalue weighted by atomic mass is 79.9. The van der Waals surface area contributed by atoms with Gasteiger partial charge in [-0.25, -0.2) is 4.79 Å². The lowest BCUT2D eigenvalue weighted by molar-refractivity contribution is -0.122. The summed E-state index contributed by atoms with van der Waals surface area (Å²) in [5.41, 5.74) is 0. The number of carbonyl (C=O) groups excluding carboxylic acids is 19. The molecule has 3 amide bonds. The van der Waals surface area contributed by atoms with Crippen LogP contribution in [0.15, 0.2) is 12.7 Å². The summed E-state index contributed by atoms with van der Waals surface area (Å²) in [6, 6.07) is -0.617. The number of carbonyl (C=O) groups is 19. The smallest absolute Gasteiger partial charge is 0.410 e. The maximum Gasteiger partial charge on any atom is 0.410 e. The van der Waals surface area contributed by atoms with Crippen LogP contribution in [0.2, 0.25) is 0 Å². The third kappa shape index (κ3) is 60.2. The van der Waals surface area contributed by atoms with E-state index in [0.29, 0.717) is 262 Å². The number of ether oxygens (including phenoxy) is 1. The predicted octanol–water partition coefficient (Wildman–Crippen LogP) is -2.05. The largest absolute Gasteiger partial charge is 0.448 e. The van der Waals surface area contributed by atoms with E-state index in [0.717, 1.165) is 6.42 Å². The first-order chi connectivity index (χ1) is 63.6. The third-order valence-corrected chi connectivity index (χ3v) is 23.5. The number of hydrogen-bond donors (Lipinski definition) is 3. The molecule has 0 bridgehead atoms. The highest BCUT2D eigenvalue weighted by Crippen LogP contribution is 2.16. The number of amides is 3. The van der Waals surface area contributed by atoms with Crippen LogP contribution < -0.4 is 16.0 Å². The zero-order chi connectivity index (χ0) is 101. The van der Waals surface area contributed by atoms with Crippen molar-refractivity contribution >= 4 is 126 Å². The van der Waals surface area contributed by atoms with Gasteiger partial charge in [0.15, 0.2) is 0 Å². The molecule has 768 valence electrons. The molecule has 0 saturated carbocycles. The predicted molar refractivity (Wildman–Crippen MR) is 521 cm³/mol. The first-order valence-corrected chi connectivity index (χ1v) is 48.7. The molecular formula is C94H165BrN20O20. The van der Waals surface area contributed by atoms with Crippen molar-refractivity contribution < 1.29 is 95.8 Å². The molecule has 5 fully saturated rings. The molecular weight excluding hydrogens is 1810 g/mol. The summed E-state index contributed by atoms with van der Waals surface area (Å²) < 4.78 is 5.68. The standard InChI is InChI=1S/C25H44N6O6.C24H41N5O5.C23H40BrN5O5.C22H40N4O4/c1-20(32)13-27-7-8-28(14-21(2)33)11-12-30(16-23(4)35)24(17-29(10-9-27)15-22(3)34)18-37-25(36)31-6-5-26-19-31;1-6-24(34)25-13-23-18-28(16-21(4)32)10-9-26(14-19(2)30)7-8-27(15-20(3)31)11-12-29(23)17-22(5)33;1-18(30)13-26-5-6-27(14-19(2)31)9-10-29(16-21(4)33)22(12-25-23(34)11-24)17-28(8-7-26)15-20(3)32;1-6-22-17-25(15-20(4)29)10-9-23(13-18(2)27)7-8-24(14-19(3)28)11-12-26(22)16-21(5)30/h24,26H,5-19H2,1-4H3;6,23H,1,7-18H2,2-5H3,(H,25,34);22H,5-17H2,1-4H3,(H,25,34);22H,6-17H2,1-5H3. The zero-order valence-corrected chi connectivity index (χ0v) is 86.1. The Bertz CT molecular complexity index is 3800. The summed E-state index contributed by atoms with van der Waals surface area (Å²) in [6.07, 6.45) is 1.65. The second-order valence-electron chi connectivity index (χ2n) is 37.2. The molecule has 4 atom stereocenters. The van der Waals surface area contributed by atoms with Gasteiger partial charge in [0.05, 0.1) is 123 Å². The number of nitrogens with zero attached hydrogens (tertiary/aromatic N) is 17. The minimum absolute atomic E-state index is 0.00369. The first-order valence-electron chi connectivity index (χ1n) is 47.5. The summed E-state index contributed by atoms with van der Waals surface area (Å²) in [4.78, 5) is 262. The van der Waals surface area contributed by atoms with Gasteiger partial charge in [0.25, 0.3) is 0 Å². The van der Waals surface area contributed by atoms with Crippen molar-refractivity contribution in [3.05, 3.63) is 12.7 Å². The average molecular weight is 1980 g/mol. The third-order valence-electron chi connectivity index (χ3n) is 23.0. The Balaban J connectivity index is 0.000000611. The monoisotopic (exact) mass is 1970 g/mol. The molecule has 0 radical (unpaired) electrons. The fourth-order valence-corrected chi connectivity index (χ4v) is 17.2. The van der Waals surface area contributed by atoms with Gasteiger partial charge in [0.1, 0.15) is 99.1 Å². The lowest BCUT2D eigenvalue weighted by Crippen LogP contribution is -2.55. The summed E-state index contributed by atoms with van der Waals surface area (Å²) in [5, 5.41) is 9.00. The van der Waals surface area contributed by atoms with Crippen LogP contribution in [-0.4, -0.2) is 551 Å². The van der Waals surface area contributed by atoms with Crippen LogP contribution in [0.4, 0.5) is 4.79 Å². The summed E-state index contributed by atoms with van der Waals surface area (Å²) in [5.74, 6) is 0.336. The summed E-state index contributed by atoms with van der Waals surface area (Å²) in [7, 11) is 0. The number of halogens is 1. The van der Waals surface area contributed by atoms with Crippen LogP contribution >= 0.6 is 15.9 Å². The Morgan fingerprint density at radius 3 is 0.719 bits per heavy atom. The molecule has 41 heteroatoms. The Morgan fingerprint density at radius 2 is 0.496 bits per heavy atom. The maximum atomic E-state index is 12.6. The van der Waals surface area contributed by atoms with Gasteiger partial charge >= 0.3 is 6.09 Å². The van der Waals surface area contributed by atoms with Crippen molar-refractivity contribution in [1.29, 1.82) is 0 Å². The van der Waals surface area contributed by atoms with E-state index < -0.39 is 6.09 Å². The zero-order valence-electron chi connectivity index (χ0n) is 84.5. The number of alkyl halides is 1. The lowest BCUT2D eigenvalue weighted by Gasteiger charge is -2.38. The van der Waals surface area contributed by atoms with Crippen LogP contribution in [0.5, 0.6) is 0 Å². The molecule has 5 rings (SSSR count). The molecule has 5 heterocycles. The van der Waals surface area contributed by atoms with Crippen LogP contribution in [0.25, 0.3) is 0 Å². The lowest BCUT2D eigenvalue weighted by atomic mass is 10.1. The van der Waals surface area contributed by atoms with Crippen molar-refractivity contribution in [2.75, 3.05) is 333 Å². The first kappa shape index (κ1) is 124. The van der Waals surface area contributed by atoms with Gasteiger partial charge < -0.3 is 15.4 Å². The molecule has 0 aliphatic carbocycles. The topological polar surface area (TPSA) is 425 Å². The van der Waals surface area contributed by atoms with Gasteiger partial charge in [-0.2, -0.15) is 0 Å². The average Bonchev–Trinajstić information content (AvgIpc) is 1.11. The minimum atomic E-state index is -0.414. The molecule has 0 aromatic rings. The number of Topliss-reactive ketones (excluding diaryl/α,β-unsaturated/α-hetero) is 16. The summed E-state index contributed by atoms with van der Waals surface area (Å²) in [6.45, 7) is 53.8. The molecule has 0 spiro atoms. The molecule has 4 unspecified atom stereocenters. The normalized spacial score (nSPS) is 20.9. The van der Waals surface area contributed by atoms with Crippen LogP contribution in [0, 0.1) is 0 Å². The second kappa shape index (κ2) is 69.3. The van der Waals surface area contributed by atoms with Crippen LogP contribution in [0.1, 0.15) is 124 Å². The van der Waals surface area contributed by atoms with Gasteiger partial charge in [0.2, 0.25) is 11.8 Å². The van der Waals surface area contributed by atoms with Crippen molar-refractivity contribution in [2.24, 2.45) is 0 Å². The Morgan fingerprint density at radius 1 is 0.289 bits per heavy atom. The number of nitrogens with one attached hydrogen (secondary N) is 3. The van der Waals surface area contributed by atoms with Crippen LogP contribution in [0.3, 0.4) is 0 Å². The molecule has 0 aromatic carbocycles. The van der Waals surface area contributed by atoms with E-state index in [1.807, 2.05) is 53.9 Å². The minimum Gasteiger partial charge on any atom is -0.448 e. The van der Waals surface area contributed by atoms with Gasteiger partial charge in [-0.3, -0.25) is 175 Å². The molecule has 5 aliphatic heterocycles. The highest BCUT2D eigenvalue weighted by molar-refractivity contribution is 9.09. The van der Waals surface area contributed by atoms with E-state index in [1.54, 1.807) is 74.1 Å². The van der Waals surface area contributed by atoms with E-state index in [1.165, 1.54) is 47.6 Å². The highest BCUT2D eigenvalue weighted by Gasteiger charge is 2.34. The van der Waals surface area contributed by atoms with E-state index in [4.69, 9.17) is 4.74 Å². The molecule has 0 aromatic heterocycles. The molecule has 5 aliphatic rings. The van der Waals surface area contributed by atoms with Gasteiger partial charge in [-0.1, -0.05) is 29.4 Å². The molecule has 3 N–H and O–H groups in total. The molecule has 5 saturated heterocycles. The fourth-order valence-electron chi connectivity index (χ4n) is 17.0. The van der Waals surface area contributed by atoms with Crippen LogP contribution in [-0.2, 0) is 91.0 Å². The number of hydrogen-bond acceptors (Lipinski definition) is 37. The number of rotatable bonds is 41. The number of ketones is 16. The Kier molecular flexibility index (Phi) is 63.4. The summed E-state index contributed by atoms with van der Waals surface area (Å²) >= 11 is 3.16. The maximum absolute atomic E-state index is 12.6. The van der Waals surface area contributed by atoms with E-state index >= 15 is 0 Å². The van der Waals surface area contributed by atoms with Gasteiger partial charge in [0, 0.05) is 228 Å². The van der Waals surface area contributed by atoms with E-state index in [-0.39, 0.29) is 199 Å². The SMILES string of the molecule is C=CC(=O)NCC1CN(CC(C)=O)CCN(CC(C)=O)CCN(CC(C)=O)CCN1CC(C)=O.CC(=O)CN1CCN(CC(C)=O)CCN(CC(C)=O)C(CNC(=O)CBr)CN(CC(C)=O)CC1.CC(=O)CN1CCN(CC(C)=O)CCN(CC(C)=O)C(COC(=O)N2CCNC2)CN(CC(C)=O)CC1.CCC1CN(CC(C)=O)CCN(CC(C)=O)CCN(CC(C)=O)CCN1CC(C)=O. The van der Waals surface area contributed by atoms with Crippen molar-refractivity contribution in [3.8, 4) is 0 Å².